The highest BCUT2D eigenvalue weighted by Gasteiger charge is 2.30. The van der Waals surface area contributed by atoms with Gasteiger partial charge in [-0.05, 0) is 42.5 Å². The fraction of sp³-hybridized carbons (Fsp3) is 0.0741. The minimum atomic E-state index is -4.45. The molecule has 0 bridgehead atoms. The highest BCUT2D eigenvalue weighted by Crippen LogP contribution is 2.37. The van der Waals surface area contributed by atoms with Crippen LogP contribution in [-0.2, 0) is 6.18 Å². The second kappa shape index (κ2) is 7.89. The number of rotatable bonds is 4. The average Bonchev–Trinajstić information content (AvgIpc) is 3.44. The van der Waals surface area contributed by atoms with Crippen molar-refractivity contribution >= 4 is 38.5 Å². The second-order valence-electron chi connectivity index (χ2n) is 8.32. The van der Waals surface area contributed by atoms with Crippen LogP contribution >= 0.6 is 0 Å². The van der Waals surface area contributed by atoms with E-state index in [9.17, 15) is 13.2 Å². The SMILES string of the molecule is NC(Nc1ccc(C(F)(F)F)cn1)n1c2ccccc2c2ccc3c(ccn3-c3ccccc3)c21. The largest absolute Gasteiger partial charge is 0.417 e. The van der Waals surface area contributed by atoms with Gasteiger partial charge in [0.05, 0.1) is 22.1 Å². The lowest BCUT2D eigenvalue weighted by Crippen LogP contribution is -2.27. The molecule has 35 heavy (non-hydrogen) atoms. The van der Waals surface area contributed by atoms with Gasteiger partial charge in [0.1, 0.15) is 5.82 Å². The molecule has 6 aromatic rings. The summed E-state index contributed by atoms with van der Waals surface area (Å²) in [6.07, 6.45) is -2.39. The van der Waals surface area contributed by atoms with Crippen LogP contribution in [0.2, 0.25) is 0 Å². The number of anilines is 1. The number of nitrogens with one attached hydrogen (secondary N) is 1. The molecule has 174 valence electrons. The zero-order chi connectivity index (χ0) is 24.2. The highest BCUT2D eigenvalue weighted by atomic mass is 19.4. The number of halogens is 3. The predicted molar refractivity (Wildman–Crippen MR) is 132 cm³/mol. The Bertz CT molecular complexity index is 1660. The summed E-state index contributed by atoms with van der Waals surface area (Å²) in [5.74, 6) is 0.255. The Morgan fingerprint density at radius 2 is 1.54 bits per heavy atom. The van der Waals surface area contributed by atoms with E-state index in [1.807, 2.05) is 65.4 Å². The first-order valence-corrected chi connectivity index (χ1v) is 11.1. The summed E-state index contributed by atoms with van der Waals surface area (Å²) >= 11 is 0. The van der Waals surface area contributed by atoms with Crippen molar-refractivity contribution in [2.75, 3.05) is 5.32 Å². The van der Waals surface area contributed by atoms with Gasteiger partial charge in [-0.15, -0.1) is 0 Å². The lowest BCUT2D eigenvalue weighted by molar-refractivity contribution is -0.137. The number of para-hydroxylation sites is 2. The summed E-state index contributed by atoms with van der Waals surface area (Å²) in [5, 5.41) is 6.15. The standard InChI is InChI=1S/C27H20F3N5/c28-27(29,30)17-10-13-24(32-16-17)33-26(31)35-23-9-5-4-8-19(23)20-11-12-22-21(25(20)35)14-15-34(22)18-6-2-1-3-7-18/h1-16,26H,31H2,(H,32,33). The van der Waals surface area contributed by atoms with Crippen LogP contribution in [0, 0.1) is 0 Å². The van der Waals surface area contributed by atoms with Crippen LogP contribution in [0.25, 0.3) is 38.4 Å². The third-order valence-corrected chi connectivity index (χ3v) is 6.24. The van der Waals surface area contributed by atoms with E-state index >= 15 is 0 Å². The van der Waals surface area contributed by atoms with E-state index in [4.69, 9.17) is 5.73 Å². The lowest BCUT2D eigenvalue weighted by atomic mass is 10.1. The Hall–Kier alpha value is -4.30. The van der Waals surface area contributed by atoms with Gasteiger partial charge in [-0.2, -0.15) is 13.2 Å². The van der Waals surface area contributed by atoms with Gasteiger partial charge >= 0.3 is 6.18 Å². The number of fused-ring (bicyclic) bond motifs is 5. The van der Waals surface area contributed by atoms with E-state index in [0.29, 0.717) is 0 Å². The molecule has 0 aliphatic rings. The van der Waals surface area contributed by atoms with Crippen LogP contribution in [0.15, 0.2) is 97.3 Å². The number of alkyl halides is 3. The summed E-state index contributed by atoms with van der Waals surface area (Å²) in [5.41, 5.74) is 9.72. The number of nitrogens with two attached hydrogens (primary N) is 1. The molecule has 1 unspecified atom stereocenters. The molecule has 5 nitrogen and oxygen atoms in total. The number of aromatic nitrogens is 3. The third-order valence-electron chi connectivity index (χ3n) is 6.24. The van der Waals surface area contributed by atoms with Gasteiger partial charge in [-0.3, -0.25) is 5.73 Å². The zero-order valence-electron chi connectivity index (χ0n) is 18.4. The van der Waals surface area contributed by atoms with Gasteiger partial charge in [-0.25, -0.2) is 4.98 Å². The predicted octanol–water partition coefficient (Wildman–Crippen LogP) is 6.68. The molecule has 0 amide bonds. The van der Waals surface area contributed by atoms with Crippen LogP contribution in [0.3, 0.4) is 0 Å². The van der Waals surface area contributed by atoms with Crippen LogP contribution in [-0.4, -0.2) is 14.1 Å². The molecule has 8 heteroatoms. The van der Waals surface area contributed by atoms with E-state index in [-0.39, 0.29) is 5.82 Å². The fourth-order valence-corrected chi connectivity index (χ4v) is 4.68. The minimum Gasteiger partial charge on any atom is -0.338 e. The first kappa shape index (κ1) is 21.2. The number of benzene rings is 3. The number of hydrogen-bond donors (Lipinski definition) is 2. The van der Waals surface area contributed by atoms with E-state index in [2.05, 4.69) is 33.1 Å². The Balaban J connectivity index is 1.51. The molecular weight excluding hydrogens is 451 g/mol. The maximum atomic E-state index is 12.9. The first-order chi connectivity index (χ1) is 16.9. The summed E-state index contributed by atoms with van der Waals surface area (Å²) in [6.45, 7) is 0. The van der Waals surface area contributed by atoms with Gasteiger partial charge in [0, 0.05) is 34.2 Å². The lowest BCUT2D eigenvalue weighted by Gasteiger charge is -2.19. The number of pyridine rings is 1. The summed E-state index contributed by atoms with van der Waals surface area (Å²) in [7, 11) is 0. The molecule has 0 aliphatic carbocycles. The van der Waals surface area contributed by atoms with Gasteiger partial charge in [0.25, 0.3) is 0 Å². The molecule has 0 saturated carbocycles. The van der Waals surface area contributed by atoms with Crippen molar-refractivity contribution in [3.8, 4) is 5.69 Å². The summed E-state index contributed by atoms with van der Waals surface area (Å²) in [4.78, 5) is 3.93. The minimum absolute atomic E-state index is 0.255. The summed E-state index contributed by atoms with van der Waals surface area (Å²) < 4.78 is 42.9. The molecule has 3 heterocycles. The van der Waals surface area contributed by atoms with Crippen LogP contribution in [0.5, 0.6) is 0 Å². The fourth-order valence-electron chi connectivity index (χ4n) is 4.68. The van der Waals surface area contributed by atoms with E-state index < -0.39 is 18.0 Å². The van der Waals surface area contributed by atoms with Crippen molar-refractivity contribution in [2.24, 2.45) is 5.73 Å². The van der Waals surface area contributed by atoms with Gasteiger partial charge in [0.15, 0.2) is 6.29 Å². The number of hydrogen-bond acceptors (Lipinski definition) is 3. The van der Waals surface area contributed by atoms with Crippen molar-refractivity contribution < 1.29 is 13.2 Å². The van der Waals surface area contributed by atoms with Crippen molar-refractivity contribution in [1.82, 2.24) is 14.1 Å². The first-order valence-electron chi connectivity index (χ1n) is 11.1. The quantitative estimate of drug-likeness (QED) is 0.282. The average molecular weight is 471 g/mol. The molecule has 0 radical (unpaired) electrons. The Morgan fingerprint density at radius 3 is 2.29 bits per heavy atom. The maximum Gasteiger partial charge on any atom is 0.417 e. The molecule has 3 N–H and O–H groups in total. The smallest absolute Gasteiger partial charge is 0.338 e. The normalized spacial score (nSPS) is 13.0. The Kier molecular flexibility index (Phi) is 4.79. The van der Waals surface area contributed by atoms with E-state index in [0.717, 1.165) is 50.7 Å². The van der Waals surface area contributed by atoms with Crippen molar-refractivity contribution in [1.29, 1.82) is 0 Å². The van der Waals surface area contributed by atoms with Gasteiger partial charge in [-0.1, -0.05) is 42.5 Å². The van der Waals surface area contributed by atoms with Crippen LogP contribution in [0.4, 0.5) is 19.0 Å². The molecular formula is C27H20F3N5. The van der Waals surface area contributed by atoms with E-state index in [1.165, 1.54) is 6.07 Å². The molecule has 3 aromatic heterocycles. The zero-order valence-corrected chi connectivity index (χ0v) is 18.4. The Labute approximate surface area is 198 Å². The number of nitrogens with zero attached hydrogens (tertiary/aromatic N) is 3. The van der Waals surface area contributed by atoms with Crippen molar-refractivity contribution in [2.45, 2.75) is 12.5 Å². The highest BCUT2D eigenvalue weighted by molar-refractivity contribution is 6.17. The molecule has 3 aromatic carbocycles. The monoisotopic (exact) mass is 471 g/mol. The van der Waals surface area contributed by atoms with Crippen molar-refractivity contribution in [3.63, 3.8) is 0 Å². The maximum absolute atomic E-state index is 12.9. The summed E-state index contributed by atoms with van der Waals surface area (Å²) in [6, 6.07) is 26.5. The molecule has 0 saturated heterocycles. The van der Waals surface area contributed by atoms with Gasteiger partial charge < -0.3 is 14.5 Å². The van der Waals surface area contributed by atoms with E-state index in [1.54, 1.807) is 0 Å². The Morgan fingerprint density at radius 1 is 0.771 bits per heavy atom. The molecule has 0 spiro atoms. The molecule has 0 fully saturated rings. The van der Waals surface area contributed by atoms with Crippen LogP contribution in [0.1, 0.15) is 11.9 Å². The third kappa shape index (κ3) is 3.50. The molecule has 1 atom stereocenters. The van der Waals surface area contributed by atoms with Crippen LogP contribution < -0.4 is 11.1 Å². The molecule has 6 rings (SSSR count). The van der Waals surface area contributed by atoms with Crippen molar-refractivity contribution in [3.05, 3.63) is 103 Å². The van der Waals surface area contributed by atoms with Gasteiger partial charge in [0.2, 0.25) is 0 Å². The topological polar surface area (TPSA) is 60.8 Å². The second-order valence-corrected chi connectivity index (χ2v) is 8.32. The molecule has 0 aliphatic heterocycles.